The first kappa shape index (κ1) is 15.2. The number of aliphatic hydroxyl groups is 1. The molecule has 1 aliphatic rings. The van der Waals surface area contributed by atoms with Crippen molar-refractivity contribution in [2.24, 2.45) is 5.92 Å². The number of ether oxygens (including phenoxy) is 1. The molecule has 2 nitrogen and oxygen atoms in total. The van der Waals surface area contributed by atoms with Gasteiger partial charge in [-0.3, -0.25) is 0 Å². The highest BCUT2D eigenvalue weighted by Crippen LogP contribution is 2.40. The van der Waals surface area contributed by atoms with Crippen LogP contribution in [0.3, 0.4) is 0 Å². The summed E-state index contributed by atoms with van der Waals surface area (Å²) in [6.07, 6.45) is 0.700. The fourth-order valence-corrected chi connectivity index (χ4v) is 2.90. The molecule has 0 radical (unpaired) electrons. The van der Waals surface area contributed by atoms with Crippen molar-refractivity contribution in [3.8, 4) is 0 Å². The van der Waals surface area contributed by atoms with Gasteiger partial charge in [-0.2, -0.15) is 0 Å². The molecule has 2 unspecified atom stereocenters. The predicted octanol–water partition coefficient (Wildman–Crippen LogP) is 4.26. The van der Waals surface area contributed by atoms with Gasteiger partial charge in [0, 0.05) is 22.9 Å². The average molecular weight is 352 g/mol. The van der Waals surface area contributed by atoms with E-state index in [-0.39, 0.29) is 22.6 Å². The Morgan fingerprint density at radius 3 is 2.84 bits per heavy atom. The van der Waals surface area contributed by atoms with Gasteiger partial charge in [0.2, 0.25) is 0 Å². The summed E-state index contributed by atoms with van der Waals surface area (Å²) in [7, 11) is 0. The Bertz CT molecular complexity index is 481. The Labute approximate surface area is 126 Å². The van der Waals surface area contributed by atoms with Crippen LogP contribution in [-0.2, 0) is 10.3 Å². The van der Waals surface area contributed by atoms with Crippen molar-refractivity contribution in [1.29, 1.82) is 0 Å². The Morgan fingerprint density at radius 2 is 2.21 bits per heavy atom. The molecular weight excluding hydrogens is 335 g/mol. The second kappa shape index (κ2) is 5.68. The minimum absolute atomic E-state index is 0.0125. The third-order valence-corrected chi connectivity index (χ3v) is 4.93. The molecule has 0 aliphatic carbocycles. The van der Waals surface area contributed by atoms with E-state index in [0.717, 1.165) is 0 Å². The van der Waals surface area contributed by atoms with Gasteiger partial charge in [0.15, 0.2) is 0 Å². The van der Waals surface area contributed by atoms with Crippen LogP contribution in [0.25, 0.3) is 0 Å². The normalized spacial score (nSPS) is 27.8. The van der Waals surface area contributed by atoms with Crippen LogP contribution in [0.1, 0.15) is 32.3 Å². The first-order valence-electron chi connectivity index (χ1n) is 6.33. The van der Waals surface area contributed by atoms with Crippen molar-refractivity contribution in [3.05, 3.63) is 33.0 Å². The van der Waals surface area contributed by atoms with Gasteiger partial charge < -0.3 is 9.84 Å². The third-order valence-electron chi connectivity index (χ3n) is 3.67. The first-order valence-corrected chi connectivity index (χ1v) is 7.50. The molecule has 0 saturated carbocycles. The van der Waals surface area contributed by atoms with Gasteiger partial charge >= 0.3 is 0 Å². The topological polar surface area (TPSA) is 29.5 Å². The fourth-order valence-electron chi connectivity index (χ4n) is 2.43. The number of rotatable bonds is 2. The maximum Gasteiger partial charge on any atom is 0.149 e. The van der Waals surface area contributed by atoms with Crippen molar-refractivity contribution < 1.29 is 14.2 Å². The molecule has 1 heterocycles. The van der Waals surface area contributed by atoms with E-state index in [1.807, 2.05) is 13.8 Å². The highest BCUT2D eigenvalue weighted by Gasteiger charge is 2.40. The van der Waals surface area contributed by atoms with E-state index in [2.05, 4.69) is 15.9 Å². The van der Waals surface area contributed by atoms with E-state index >= 15 is 0 Å². The maximum absolute atomic E-state index is 14.3. The quantitative estimate of drug-likeness (QED) is 0.807. The van der Waals surface area contributed by atoms with Gasteiger partial charge in [-0.1, -0.05) is 31.5 Å². The molecule has 0 amide bonds. The summed E-state index contributed by atoms with van der Waals surface area (Å²) in [4.78, 5) is 0. The molecule has 0 spiro atoms. The second-order valence-corrected chi connectivity index (χ2v) is 6.59. The molecule has 106 valence electrons. The molecule has 0 bridgehead atoms. The fraction of sp³-hybridized carbons (Fsp3) is 0.571. The summed E-state index contributed by atoms with van der Waals surface area (Å²) in [6, 6.07) is 3.26. The lowest BCUT2D eigenvalue weighted by molar-refractivity contribution is -0.122. The largest absolute Gasteiger partial charge is 0.385 e. The van der Waals surface area contributed by atoms with Crippen LogP contribution in [0.5, 0.6) is 0 Å². The summed E-state index contributed by atoms with van der Waals surface area (Å²) in [5.41, 5.74) is -0.948. The van der Waals surface area contributed by atoms with Crippen LogP contribution < -0.4 is 0 Å². The zero-order chi connectivity index (χ0) is 14.2. The average Bonchev–Trinajstić information content (AvgIpc) is 2.35. The lowest BCUT2D eigenvalue weighted by atomic mass is 9.81. The zero-order valence-corrected chi connectivity index (χ0v) is 13.3. The van der Waals surface area contributed by atoms with Crippen LogP contribution in [0.15, 0.2) is 16.6 Å². The van der Waals surface area contributed by atoms with Gasteiger partial charge in [-0.05, 0) is 27.9 Å². The Hall–Kier alpha value is -0.160. The van der Waals surface area contributed by atoms with E-state index in [9.17, 15) is 9.50 Å². The van der Waals surface area contributed by atoms with Crippen molar-refractivity contribution in [1.82, 2.24) is 0 Å². The van der Waals surface area contributed by atoms with Crippen LogP contribution in [0.4, 0.5) is 4.39 Å². The smallest absolute Gasteiger partial charge is 0.149 e. The van der Waals surface area contributed by atoms with Crippen molar-refractivity contribution in [2.75, 3.05) is 6.61 Å². The molecule has 1 aromatic rings. The Morgan fingerprint density at radius 1 is 1.53 bits per heavy atom. The van der Waals surface area contributed by atoms with Crippen LogP contribution in [-0.4, -0.2) is 17.8 Å². The number of hydrogen-bond acceptors (Lipinski definition) is 2. The minimum Gasteiger partial charge on any atom is -0.385 e. The maximum atomic E-state index is 14.3. The number of benzene rings is 1. The van der Waals surface area contributed by atoms with Gasteiger partial charge in [-0.15, -0.1) is 0 Å². The highest BCUT2D eigenvalue weighted by molar-refractivity contribution is 9.10. The van der Waals surface area contributed by atoms with Crippen LogP contribution in [0, 0.1) is 11.7 Å². The van der Waals surface area contributed by atoms with Gasteiger partial charge in [0.1, 0.15) is 5.82 Å². The van der Waals surface area contributed by atoms with E-state index in [0.29, 0.717) is 23.9 Å². The summed E-state index contributed by atoms with van der Waals surface area (Å²) in [5, 5.41) is 10.8. The molecular formula is C14H17BrClFO2. The standard InChI is InChI=1S/C14H17BrClFO2/c1-8(2)11-7-14(18,5-6-19-11)9-3-4-10(15)12(16)13(9)17/h3-4,8,11,18H,5-7H2,1-2H3. The summed E-state index contributed by atoms with van der Waals surface area (Å²) in [5.74, 6) is -0.274. The van der Waals surface area contributed by atoms with Gasteiger partial charge in [0.05, 0.1) is 23.3 Å². The van der Waals surface area contributed by atoms with E-state index in [1.165, 1.54) is 0 Å². The van der Waals surface area contributed by atoms with E-state index < -0.39 is 11.4 Å². The van der Waals surface area contributed by atoms with E-state index in [4.69, 9.17) is 16.3 Å². The highest BCUT2D eigenvalue weighted by atomic mass is 79.9. The van der Waals surface area contributed by atoms with E-state index in [1.54, 1.807) is 12.1 Å². The van der Waals surface area contributed by atoms with Crippen LogP contribution >= 0.6 is 27.5 Å². The third kappa shape index (κ3) is 2.97. The monoisotopic (exact) mass is 350 g/mol. The first-order chi connectivity index (χ1) is 8.85. The molecule has 0 aromatic heterocycles. The zero-order valence-electron chi connectivity index (χ0n) is 10.9. The van der Waals surface area contributed by atoms with Gasteiger partial charge in [0.25, 0.3) is 0 Å². The van der Waals surface area contributed by atoms with Gasteiger partial charge in [-0.25, -0.2) is 4.39 Å². The van der Waals surface area contributed by atoms with Crippen molar-refractivity contribution in [3.63, 3.8) is 0 Å². The molecule has 2 rings (SSSR count). The Balaban J connectivity index is 2.37. The SMILES string of the molecule is CC(C)C1CC(O)(c2ccc(Br)c(Cl)c2F)CCO1. The molecule has 1 aliphatic heterocycles. The summed E-state index contributed by atoms with van der Waals surface area (Å²) in [6.45, 7) is 4.48. The molecule has 1 fully saturated rings. The molecule has 1 N–H and O–H groups in total. The Kier molecular flexibility index (Phi) is 4.56. The second-order valence-electron chi connectivity index (χ2n) is 5.36. The summed E-state index contributed by atoms with van der Waals surface area (Å²) < 4.78 is 20.4. The lowest BCUT2D eigenvalue weighted by Crippen LogP contribution is -2.41. The molecule has 19 heavy (non-hydrogen) atoms. The molecule has 5 heteroatoms. The minimum atomic E-state index is -1.21. The van der Waals surface area contributed by atoms with Crippen LogP contribution in [0.2, 0.25) is 5.02 Å². The lowest BCUT2D eigenvalue weighted by Gasteiger charge is -2.39. The number of hydrogen-bond donors (Lipinski definition) is 1. The molecule has 1 saturated heterocycles. The molecule has 2 atom stereocenters. The molecule has 1 aromatic carbocycles. The van der Waals surface area contributed by atoms with Crippen molar-refractivity contribution >= 4 is 27.5 Å². The van der Waals surface area contributed by atoms with Crippen molar-refractivity contribution in [2.45, 2.75) is 38.4 Å². The number of halogens is 3. The predicted molar refractivity (Wildman–Crippen MR) is 76.8 cm³/mol. The summed E-state index contributed by atoms with van der Waals surface area (Å²) >= 11 is 9.08.